The quantitative estimate of drug-likeness (QED) is 0.554. The zero-order valence-corrected chi connectivity index (χ0v) is 19.1. The van der Waals surface area contributed by atoms with Gasteiger partial charge in [-0.3, -0.25) is 9.59 Å². The number of rotatable bonds is 5. The second-order valence-corrected chi connectivity index (χ2v) is 9.92. The number of nitrogens with two attached hydrogens (primary N) is 1. The van der Waals surface area contributed by atoms with E-state index in [0.717, 1.165) is 16.1 Å². The molecule has 0 spiro atoms. The van der Waals surface area contributed by atoms with Crippen LogP contribution in [0, 0.1) is 12.3 Å². The first-order valence-corrected chi connectivity index (χ1v) is 11.1. The van der Waals surface area contributed by atoms with Crippen molar-refractivity contribution in [2.24, 2.45) is 11.1 Å². The van der Waals surface area contributed by atoms with E-state index in [0.29, 0.717) is 5.56 Å². The van der Waals surface area contributed by atoms with E-state index in [1.807, 2.05) is 33.8 Å². The average molecular weight is 447 g/mol. The standard InChI is InChI=1S/C22H30N4O4S/c1-12-18(31-11-25-12)13-5-6-14(17(28)7-13)9-24-20(29)16-8-15(27)10-26(16)21(30)19(23)22(2,3)4/h5-7,11,15-16,19,27-28H,8-10,23H2,1-4H3,(H,24,29)/t15-,16?,19-/m1/s1. The highest BCUT2D eigenvalue weighted by molar-refractivity contribution is 7.13. The fraction of sp³-hybridized carbons (Fsp3) is 0.500. The first kappa shape index (κ1) is 23.2. The Labute approximate surface area is 186 Å². The number of β-amino-alcohol motifs (C(OH)–C–C–N with tert-alkyl or cyclic N) is 1. The lowest BCUT2D eigenvalue weighted by atomic mass is 9.86. The molecule has 0 radical (unpaired) electrons. The Morgan fingerprint density at radius 3 is 2.68 bits per heavy atom. The van der Waals surface area contributed by atoms with Crippen molar-refractivity contribution in [3.63, 3.8) is 0 Å². The van der Waals surface area contributed by atoms with E-state index in [4.69, 9.17) is 5.73 Å². The van der Waals surface area contributed by atoms with E-state index in [2.05, 4.69) is 10.3 Å². The van der Waals surface area contributed by atoms with Gasteiger partial charge in [-0.15, -0.1) is 11.3 Å². The van der Waals surface area contributed by atoms with Crippen LogP contribution in [0.4, 0.5) is 0 Å². The van der Waals surface area contributed by atoms with Gasteiger partial charge in [0.05, 0.1) is 28.2 Å². The number of benzene rings is 1. The van der Waals surface area contributed by atoms with E-state index in [-0.39, 0.29) is 37.1 Å². The number of likely N-dealkylation sites (tertiary alicyclic amines) is 1. The normalized spacial score (nSPS) is 20.0. The first-order valence-electron chi connectivity index (χ1n) is 10.2. The van der Waals surface area contributed by atoms with Crippen LogP contribution in [0.25, 0.3) is 10.4 Å². The van der Waals surface area contributed by atoms with Crippen molar-refractivity contribution in [3.05, 3.63) is 35.0 Å². The van der Waals surface area contributed by atoms with Gasteiger partial charge in [-0.2, -0.15) is 0 Å². The summed E-state index contributed by atoms with van der Waals surface area (Å²) in [6, 6.07) is 3.71. The summed E-state index contributed by atoms with van der Waals surface area (Å²) >= 11 is 1.50. The van der Waals surface area contributed by atoms with E-state index in [1.54, 1.807) is 17.6 Å². The van der Waals surface area contributed by atoms with Crippen LogP contribution >= 0.6 is 11.3 Å². The molecular formula is C22H30N4O4S. The number of hydrogen-bond acceptors (Lipinski definition) is 7. The lowest BCUT2D eigenvalue weighted by Crippen LogP contribution is -2.54. The van der Waals surface area contributed by atoms with Crippen LogP contribution in [-0.2, 0) is 16.1 Å². The molecule has 1 aromatic carbocycles. The molecular weight excluding hydrogens is 416 g/mol. The largest absolute Gasteiger partial charge is 0.508 e. The zero-order valence-electron chi connectivity index (χ0n) is 18.3. The molecule has 1 unspecified atom stereocenters. The van der Waals surface area contributed by atoms with Gasteiger partial charge in [0.2, 0.25) is 11.8 Å². The number of thiazole rings is 1. The number of aliphatic hydroxyl groups is 1. The van der Waals surface area contributed by atoms with Crippen molar-refractivity contribution in [2.75, 3.05) is 6.54 Å². The molecule has 31 heavy (non-hydrogen) atoms. The molecule has 2 heterocycles. The Balaban J connectivity index is 1.68. The van der Waals surface area contributed by atoms with E-state index >= 15 is 0 Å². The Hall–Kier alpha value is -2.49. The molecule has 0 bridgehead atoms. The van der Waals surface area contributed by atoms with E-state index in [1.165, 1.54) is 16.2 Å². The SMILES string of the molecule is Cc1ncsc1-c1ccc(CNC(=O)C2C[C@@H](O)CN2C(=O)[C@@H](N)C(C)(C)C)c(O)c1. The molecule has 168 valence electrons. The molecule has 1 aromatic heterocycles. The Kier molecular flexibility index (Phi) is 6.68. The zero-order chi connectivity index (χ0) is 22.9. The van der Waals surface area contributed by atoms with Crippen LogP contribution in [0.1, 0.15) is 38.4 Å². The number of amides is 2. The van der Waals surface area contributed by atoms with Gasteiger partial charge in [0.1, 0.15) is 11.8 Å². The number of hydrogen-bond donors (Lipinski definition) is 4. The number of phenolic OH excluding ortho intramolecular Hbond substituents is 1. The molecule has 9 heteroatoms. The minimum atomic E-state index is -0.794. The molecule has 3 rings (SSSR count). The number of phenols is 1. The predicted octanol–water partition coefficient (Wildman–Crippen LogP) is 1.78. The second kappa shape index (κ2) is 8.94. The van der Waals surface area contributed by atoms with Crippen LogP contribution in [0.2, 0.25) is 0 Å². The van der Waals surface area contributed by atoms with Gasteiger partial charge < -0.3 is 26.2 Å². The number of aliphatic hydroxyl groups excluding tert-OH is 1. The first-order chi connectivity index (χ1) is 14.5. The number of carbonyl (C=O) groups excluding carboxylic acids is 2. The minimum absolute atomic E-state index is 0.0692. The van der Waals surface area contributed by atoms with Crippen molar-refractivity contribution in [3.8, 4) is 16.2 Å². The summed E-state index contributed by atoms with van der Waals surface area (Å²) in [7, 11) is 0. The highest BCUT2D eigenvalue weighted by atomic mass is 32.1. The Morgan fingerprint density at radius 2 is 2.10 bits per heavy atom. The van der Waals surface area contributed by atoms with Crippen LogP contribution in [-0.4, -0.2) is 56.6 Å². The molecule has 1 aliphatic heterocycles. The molecule has 1 fully saturated rings. The maximum Gasteiger partial charge on any atom is 0.243 e. The monoisotopic (exact) mass is 446 g/mol. The molecule has 1 saturated heterocycles. The highest BCUT2D eigenvalue weighted by Crippen LogP contribution is 2.31. The maximum atomic E-state index is 12.8. The molecule has 8 nitrogen and oxygen atoms in total. The lowest BCUT2D eigenvalue weighted by molar-refractivity contribution is -0.141. The van der Waals surface area contributed by atoms with Gasteiger partial charge in [0.15, 0.2) is 0 Å². The molecule has 5 N–H and O–H groups in total. The third-order valence-electron chi connectivity index (χ3n) is 5.61. The minimum Gasteiger partial charge on any atom is -0.508 e. The van der Waals surface area contributed by atoms with Crippen molar-refractivity contribution in [2.45, 2.75) is 58.8 Å². The summed E-state index contributed by atoms with van der Waals surface area (Å²) in [6.45, 7) is 7.67. The summed E-state index contributed by atoms with van der Waals surface area (Å²) in [5.74, 6) is -0.663. The van der Waals surface area contributed by atoms with Crippen molar-refractivity contribution in [1.29, 1.82) is 0 Å². The van der Waals surface area contributed by atoms with Gasteiger partial charge in [0.25, 0.3) is 0 Å². The number of nitrogens with zero attached hydrogens (tertiary/aromatic N) is 2. The van der Waals surface area contributed by atoms with Gasteiger partial charge in [-0.25, -0.2) is 4.98 Å². The predicted molar refractivity (Wildman–Crippen MR) is 119 cm³/mol. The number of aromatic hydroxyl groups is 1. The Bertz CT molecular complexity index is 969. The number of aromatic nitrogens is 1. The fourth-order valence-electron chi connectivity index (χ4n) is 3.59. The van der Waals surface area contributed by atoms with Crippen LogP contribution in [0.3, 0.4) is 0 Å². The van der Waals surface area contributed by atoms with Gasteiger partial charge in [0, 0.05) is 25.1 Å². The topological polar surface area (TPSA) is 129 Å². The summed E-state index contributed by atoms with van der Waals surface area (Å²) in [5.41, 5.74) is 9.69. The second-order valence-electron chi connectivity index (χ2n) is 9.07. The number of carbonyl (C=O) groups is 2. The van der Waals surface area contributed by atoms with Gasteiger partial charge in [-0.1, -0.05) is 32.9 Å². The maximum absolute atomic E-state index is 12.8. The summed E-state index contributed by atoms with van der Waals surface area (Å²) in [5, 5.41) is 23.3. The van der Waals surface area contributed by atoms with Crippen LogP contribution < -0.4 is 11.1 Å². The summed E-state index contributed by atoms with van der Waals surface area (Å²) < 4.78 is 0. The van der Waals surface area contributed by atoms with Crippen LogP contribution in [0.5, 0.6) is 5.75 Å². The molecule has 3 atom stereocenters. The molecule has 0 saturated carbocycles. The van der Waals surface area contributed by atoms with Crippen molar-refractivity contribution < 1.29 is 19.8 Å². The Morgan fingerprint density at radius 1 is 1.39 bits per heavy atom. The number of nitrogens with one attached hydrogen (secondary N) is 1. The van der Waals surface area contributed by atoms with E-state index in [9.17, 15) is 19.8 Å². The molecule has 2 aromatic rings. The van der Waals surface area contributed by atoms with Gasteiger partial charge >= 0.3 is 0 Å². The molecule has 1 aliphatic rings. The third kappa shape index (κ3) is 5.06. The van der Waals surface area contributed by atoms with Crippen molar-refractivity contribution in [1.82, 2.24) is 15.2 Å². The summed E-state index contributed by atoms with van der Waals surface area (Å²) in [4.78, 5) is 32.2. The fourth-order valence-corrected chi connectivity index (χ4v) is 4.39. The van der Waals surface area contributed by atoms with E-state index < -0.39 is 23.6 Å². The number of aryl methyl sites for hydroxylation is 1. The molecule has 2 amide bonds. The average Bonchev–Trinajstić information content (AvgIpc) is 3.30. The third-order valence-corrected chi connectivity index (χ3v) is 6.59. The van der Waals surface area contributed by atoms with Crippen LogP contribution in [0.15, 0.2) is 23.7 Å². The summed E-state index contributed by atoms with van der Waals surface area (Å²) in [6.07, 6.45) is -0.619. The highest BCUT2D eigenvalue weighted by Gasteiger charge is 2.42. The lowest BCUT2D eigenvalue weighted by Gasteiger charge is -2.32. The van der Waals surface area contributed by atoms with Gasteiger partial charge in [-0.05, 0) is 24.0 Å². The van der Waals surface area contributed by atoms with Crippen molar-refractivity contribution >= 4 is 23.2 Å². The molecule has 0 aliphatic carbocycles. The smallest absolute Gasteiger partial charge is 0.243 e.